The average Bonchev–Trinajstić information content (AvgIpc) is 2.79. The van der Waals surface area contributed by atoms with Crippen molar-refractivity contribution in [3.63, 3.8) is 0 Å². The van der Waals surface area contributed by atoms with Crippen LogP contribution in [-0.2, 0) is 0 Å². The van der Waals surface area contributed by atoms with Gasteiger partial charge in [-0.15, -0.1) is 0 Å². The molecule has 2 aliphatic carbocycles. The van der Waals surface area contributed by atoms with E-state index in [2.05, 4.69) is 17.3 Å². The van der Waals surface area contributed by atoms with Crippen molar-refractivity contribution in [2.45, 2.75) is 69.4 Å². The molecular formula is C15H28N2. The van der Waals surface area contributed by atoms with Crippen molar-refractivity contribution < 1.29 is 0 Å². The Morgan fingerprint density at radius 1 is 1.00 bits per heavy atom. The van der Waals surface area contributed by atoms with Crippen LogP contribution in [0, 0.1) is 5.92 Å². The number of rotatable bonds is 1. The number of nitrogens with one attached hydrogen (secondary N) is 1. The van der Waals surface area contributed by atoms with Crippen LogP contribution in [0.2, 0.25) is 0 Å². The highest BCUT2D eigenvalue weighted by molar-refractivity contribution is 5.01. The van der Waals surface area contributed by atoms with Crippen LogP contribution in [-0.4, -0.2) is 36.6 Å². The lowest BCUT2D eigenvalue weighted by atomic mass is 9.80. The van der Waals surface area contributed by atoms with Gasteiger partial charge >= 0.3 is 0 Å². The van der Waals surface area contributed by atoms with Crippen LogP contribution in [0.3, 0.4) is 0 Å². The molecule has 17 heavy (non-hydrogen) atoms. The molecule has 0 radical (unpaired) electrons. The van der Waals surface area contributed by atoms with E-state index >= 15 is 0 Å². The van der Waals surface area contributed by atoms with E-state index in [1.54, 1.807) is 0 Å². The molecule has 1 atom stereocenters. The minimum absolute atomic E-state index is 0.500. The Labute approximate surface area is 106 Å². The van der Waals surface area contributed by atoms with Gasteiger partial charge in [0.2, 0.25) is 0 Å². The van der Waals surface area contributed by atoms with E-state index in [1.807, 2.05) is 0 Å². The molecule has 0 amide bonds. The van der Waals surface area contributed by atoms with E-state index in [9.17, 15) is 0 Å². The summed E-state index contributed by atoms with van der Waals surface area (Å²) in [6.45, 7) is 2.55. The topological polar surface area (TPSA) is 15.3 Å². The standard InChI is InChI=1S/C15H28N2/c1-17-12-15(9-5-6-10-15)16-11-14(17)13-7-3-2-4-8-13/h13-14,16H,2-12H2,1H3. The predicted molar refractivity (Wildman–Crippen MR) is 72.2 cm³/mol. The van der Waals surface area contributed by atoms with E-state index in [0.29, 0.717) is 5.54 Å². The number of hydrogen-bond donors (Lipinski definition) is 1. The smallest absolute Gasteiger partial charge is 0.0309 e. The van der Waals surface area contributed by atoms with Crippen LogP contribution in [0.1, 0.15) is 57.8 Å². The molecule has 1 spiro atoms. The maximum atomic E-state index is 3.93. The lowest BCUT2D eigenvalue weighted by Crippen LogP contribution is -2.63. The van der Waals surface area contributed by atoms with Crippen LogP contribution in [0.4, 0.5) is 0 Å². The number of likely N-dealkylation sites (N-methyl/N-ethyl adjacent to an activating group) is 1. The van der Waals surface area contributed by atoms with E-state index in [-0.39, 0.29) is 0 Å². The highest BCUT2D eigenvalue weighted by Gasteiger charge is 2.41. The minimum Gasteiger partial charge on any atom is -0.308 e. The second kappa shape index (κ2) is 4.89. The summed E-state index contributed by atoms with van der Waals surface area (Å²) >= 11 is 0. The zero-order valence-electron chi connectivity index (χ0n) is 11.4. The molecule has 0 aromatic heterocycles. The maximum absolute atomic E-state index is 3.93. The van der Waals surface area contributed by atoms with Gasteiger partial charge in [0.15, 0.2) is 0 Å². The first-order valence-corrected chi connectivity index (χ1v) is 7.74. The molecule has 1 heterocycles. The predicted octanol–water partition coefficient (Wildman–Crippen LogP) is 2.78. The van der Waals surface area contributed by atoms with Gasteiger partial charge in [-0.05, 0) is 38.6 Å². The van der Waals surface area contributed by atoms with E-state index < -0.39 is 0 Å². The van der Waals surface area contributed by atoms with Gasteiger partial charge in [0.25, 0.3) is 0 Å². The van der Waals surface area contributed by atoms with Crippen LogP contribution in [0.5, 0.6) is 0 Å². The van der Waals surface area contributed by atoms with Gasteiger partial charge in [-0.3, -0.25) is 0 Å². The minimum atomic E-state index is 0.500. The fraction of sp³-hybridized carbons (Fsp3) is 1.00. The van der Waals surface area contributed by atoms with Crippen molar-refractivity contribution in [2.75, 3.05) is 20.1 Å². The van der Waals surface area contributed by atoms with Gasteiger partial charge in [-0.25, -0.2) is 0 Å². The van der Waals surface area contributed by atoms with Crippen molar-refractivity contribution >= 4 is 0 Å². The van der Waals surface area contributed by atoms with Gasteiger partial charge in [0, 0.05) is 24.7 Å². The molecule has 1 N–H and O–H groups in total. The second-order valence-electron chi connectivity index (χ2n) is 6.75. The third-order valence-corrected chi connectivity index (χ3v) is 5.56. The van der Waals surface area contributed by atoms with Crippen molar-refractivity contribution in [1.82, 2.24) is 10.2 Å². The third-order valence-electron chi connectivity index (χ3n) is 5.56. The number of nitrogens with zero attached hydrogens (tertiary/aromatic N) is 1. The molecule has 0 aromatic carbocycles. The summed E-state index contributed by atoms with van der Waals surface area (Å²) in [5.74, 6) is 0.972. The molecule has 1 saturated heterocycles. The van der Waals surface area contributed by atoms with Gasteiger partial charge in [0.1, 0.15) is 0 Å². The van der Waals surface area contributed by atoms with Gasteiger partial charge in [-0.1, -0.05) is 32.1 Å². The highest BCUT2D eigenvalue weighted by Crippen LogP contribution is 2.36. The molecule has 3 rings (SSSR count). The SMILES string of the molecule is CN1CC2(CCCC2)NCC1C1CCCCC1. The Balaban J connectivity index is 1.61. The molecule has 2 heteroatoms. The van der Waals surface area contributed by atoms with Crippen LogP contribution in [0.15, 0.2) is 0 Å². The largest absolute Gasteiger partial charge is 0.308 e. The monoisotopic (exact) mass is 236 g/mol. The molecule has 3 aliphatic rings. The summed E-state index contributed by atoms with van der Waals surface area (Å²) in [5, 5.41) is 3.93. The summed E-state index contributed by atoms with van der Waals surface area (Å²) in [6, 6.07) is 0.821. The molecule has 2 nitrogen and oxygen atoms in total. The van der Waals surface area contributed by atoms with Gasteiger partial charge in [-0.2, -0.15) is 0 Å². The van der Waals surface area contributed by atoms with E-state index in [1.165, 1.54) is 70.9 Å². The normalized spacial score (nSPS) is 35.5. The van der Waals surface area contributed by atoms with Crippen molar-refractivity contribution in [3.8, 4) is 0 Å². The number of hydrogen-bond acceptors (Lipinski definition) is 2. The summed E-state index contributed by atoms with van der Waals surface area (Å²) in [4.78, 5) is 2.69. The molecular weight excluding hydrogens is 208 g/mol. The third kappa shape index (κ3) is 2.39. The first-order valence-electron chi connectivity index (χ1n) is 7.74. The van der Waals surface area contributed by atoms with Crippen molar-refractivity contribution in [2.24, 2.45) is 5.92 Å². The lowest BCUT2D eigenvalue weighted by molar-refractivity contribution is 0.0585. The van der Waals surface area contributed by atoms with Crippen molar-refractivity contribution in [3.05, 3.63) is 0 Å². The Kier molecular flexibility index (Phi) is 3.45. The fourth-order valence-electron chi connectivity index (χ4n) is 4.56. The van der Waals surface area contributed by atoms with E-state index in [0.717, 1.165) is 12.0 Å². The van der Waals surface area contributed by atoms with Crippen LogP contribution >= 0.6 is 0 Å². The molecule has 1 aliphatic heterocycles. The van der Waals surface area contributed by atoms with Crippen LogP contribution < -0.4 is 5.32 Å². The fourth-order valence-corrected chi connectivity index (χ4v) is 4.56. The van der Waals surface area contributed by atoms with Crippen LogP contribution in [0.25, 0.3) is 0 Å². The molecule has 0 aromatic rings. The first-order chi connectivity index (χ1) is 8.29. The summed E-state index contributed by atoms with van der Waals surface area (Å²) < 4.78 is 0. The Bertz CT molecular complexity index is 252. The lowest BCUT2D eigenvalue weighted by Gasteiger charge is -2.48. The molecule has 0 bridgehead atoms. The zero-order valence-corrected chi connectivity index (χ0v) is 11.4. The number of piperazine rings is 1. The Morgan fingerprint density at radius 2 is 1.71 bits per heavy atom. The van der Waals surface area contributed by atoms with Gasteiger partial charge in [0.05, 0.1) is 0 Å². The Morgan fingerprint density at radius 3 is 2.35 bits per heavy atom. The average molecular weight is 236 g/mol. The molecule has 1 unspecified atom stereocenters. The molecule has 3 fully saturated rings. The second-order valence-corrected chi connectivity index (χ2v) is 6.75. The maximum Gasteiger partial charge on any atom is 0.0309 e. The first kappa shape index (κ1) is 12.0. The zero-order chi connectivity index (χ0) is 11.7. The highest BCUT2D eigenvalue weighted by atomic mass is 15.2. The van der Waals surface area contributed by atoms with Crippen molar-refractivity contribution in [1.29, 1.82) is 0 Å². The van der Waals surface area contributed by atoms with Gasteiger partial charge < -0.3 is 10.2 Å². The summed E-state index contributed by atoms with van der Waals surface area (Å²) in [7, 11) is 2.38. The van der Waals surface area contributed by atoms with E-state index in [4.69, 9.17) is 0 Å². The summed E-state index contributed by atoms with van der Waals surface area (Å²) in [5.41, 5.74) is 0.500. The quantitative estimate of drug-likeness (QED) is 0.753. The molecule has 98 valence electrons. The Hall–Kier alpha value is -0.0800. The summed E-state index contributed by atoms with van der Waals surface area (Å²) in [6.07, 6.45) is 13.1. The molecule has 2 saturated carbocycles.